The van der Waals surface area contributed by atoms with Gasteiger partial charge in [0.1, 0.15) is 5.41 Å². The number of benzene rings is 1. The van der Waals surface area contributed by atoms with Gasteiger partial charge in [-0.1, -0.05) is 25.0 Å². The van der Waals surface area contributed by atoms with Crippen molar-refractivity contribution in [2.45, 2.75) is 62.6 Å². The molecule has 0 bridgehead atoms. The summed E-state index contributed by atoms with van der Waals surface area (Å²) in [7, 11) is 0. The largest absolute Gasteiger partial charge is 0.391 e. The lowest BCUT2D eigenvalue weighted by Crippen LogP contribution is -2.42. The fraction of sp³-hybridized carbons (Fsp3) is 0.400. The Morgan fingerprint density at radius 3 is 2.57 bits per heavy atom. The maximum Gasteiger partial charge on any atom is 0.258 e. The number of nitriles is 1. The minimum atomic E-state index is -0.556. The van der Waals surface area contributed by atoms with Crippen molar-refractivity contribution in [2.24, 2.45) is 0 Å². The molecule has 4 heterocycles. The number of pyridine rings is 3. The maximum absolute atomic E-state index is 13.7. The van der Waals surface area contributed by atoms with E-state index in [9.17, 15) is 15.2 Å². The van der Waals surface area contributed by atoms with Crippen LogP contribution in [0, 0.1) is 11.3 Å². The zero-order valence-corrected chi connectivity index (χ0v) is 20.9. The molecule has 0 amide bonds. The molecule has 0 radical (unpaired) electrons. The summed E-state index contributed by atoms with van der Waals surface area (Å²) >= 11 is 0. The third kappa shape index (κ3) is 4.20. The molecule has 1 saturated carbocycles. The number of piperidine rings is 1. The highest BCUT2D eigenvalue weighted by Gasteiger charge is 2.37. The summed E-state index contributed by atoms with van der Waals surface area (Å²) in [6.45, 7) is 2.23. The molecule has 7 nitrogen and oxygen atoms in total. The predicted octanol–water partition coefficient (Wildman–Crippen LogP) is 4.48. The molecule has 1 N–H and O–H groups in total. The molecule has 2 fully saturated rings. The number of nitrogens with zero attached hydrogens (tertiary/aromatic N) is 5. The summed E-state index contributed by atoms with van der Waals surface area (Å²) in [4.78, 5) is 25.2. The van der Waals surface area contributed by atoms with Crippen LogP contribution in [0.1, 0.15) is 55.8 Å². The third-order valence-electron chi connectivity index (χ3n) is 8.41. The van der Waals surface area contributed by atoms with Crippen molar-refractivity contribution in [3.8, 4) is 6.07 Å². The van der Waals surface area contributed by atoms with Gasteiger partial charge in [0.05, 0.1) is 29.4 Å². The second kappa shape index (κ2) is 9.70. The first-order valence-electron chi connectivity index (χ1n) is 13.2. The minimum absolute atomic E-state index is 0.0606. The minimum Gasteiger partial charge on any atom is -0.391 e. The Morgan fingerprint density at radius 1 is 1.00 bits per heavy atom. The van der Waals surface area contributed by atoms with Crippen molar-refractivity contribution in [3.05, 3.63) is 82.7 Å². The van der Waals surface area contributed by atoms with Gasteiger partial charge in [0, 0.05) is 54.4 Å². The SMILES string of the molecule is N#CC1(c2ccccn2)CCN(Cc2cc3c(=O)n([C@H]4CCCC[C@@H]4O)ccc3c3ncccc23)CC1. The van der Waals surface area contributed by atoms with Crippen LogP contribution in [0.25, 0.3) is 21.7 Å². The molecule has 37 heavy (non-hydrogen) atoms. The van der Waals surface area contributed by atoms with Gasteiger partial charge >= 0.3 is 0 Å². The summed E-state index contributed by atoms with van der Waals surface area (Å²) in [5, 5.41) is 23.2. The van der Waals surface area contributed by atoms with Crippen molar-refractivity contribution in [2.75, 3.05) is 13.1 Å². The Balaban J connectivity index is 1.35. The van der Waals surface area contributed by atoms with Crippen LogP contribution in [0.5, 0.6) is 0 Å². The average Bonchev–Trinajstić information content (AvgIpc) is 2.95. The van der Waals surface area contributed by atoms with Gasteiger partial charge < -0.3 is 9.67 Å². The molecule has 3 aromatic heterocycles. The average molecular weight is 494 g/mol. The van der Waals surface area contributed by atoms with Gasteiger partial charge in [-0.2, -0.15) is 5.26 Å². The van der Waals surface area contributed by atoms with Crippen LogP contribution in [-0.2, 0) is 12.0 Å². The molecule has 1 aliphatic heterocycles. The Kier molecular flexibility index (Phi) is 6.23. The summed E-state index contributed by atoms with van der Waals surface area (Å²) in [6, 6.07) is 16.2. The fourth-order valence-electron chi connectivity index (χ4n) is 6.26. The van der Waals surface area contributed by atoms with E-state index >= 15 is 0 Å². The number of rotatable bonds is 4. The summed E-state index contributed by atoms with van der Waals surface area (Å²) < 4.78 is 1.74. The van der Waals surface area contributed by atoms with Crippen LogP contribution < -0.4 is 5.56 Å². The van der Waals surface area contributed by atoms with E-state index in [0.717, 1.165) is 79.2 Å². The third-order valence-corrected chi connectivity index (χ3v) is 8.41. The highest BCUT2D eigenvalue weighted by atomic mass is 16.3. The lowest BCUT2D eigenvalue weighted by atomic mass is 9.76. The molecule has 6 rings (SSSR count). The number of fused-ring (bicyclic) bond motifs is 3. The topological polar surface area (TPSA) is 95.0 Å². The van der Waals surface area contributed by atoms with E-state index in [2.05, 4.69) is 27.0 Å². The zero-order valence-electron chi connectivity index (χ0n) is 20.9. The number of hydrogen-bond acceptors (Lipinski definition) is 6. The van der Waals surface area contributed by atoms with Crippen molar-refractivity contribution in [1.82, 2.24) is 19.4 Å². The number of aliphatic hydroxyl groups excluding tert-OH is 1. The highest BCUT2D eigenvalue weighted by molar-refractivity contribution is 6.06. The van der Waals surface area contributed by atoms with Crippen LogP contribution in [0.15, 0.2) is 65.8 Å². The molecular formula is C30H31N5O2. The standard InChI is InChI=1S/C30H31N5O2/c31-20-30(27-9-3-4-13-32-27)11-16-34(17-12-30)19-21-18-24-23(28-22(21)6-5-14-33-28)10-15-35(29(24)37)25-7-1-2-8-26(25)36/h3-6,9-10,13-15,18,25-26,36H,1-2,7-8,11-12,16-17,19H2/t25-,26-/m0/s1. The Labute approximate surface area is 216 Å². The van der Waals surface area contributed by atoms with E-state index in [-0.39, 0.29) is 11.6 Å². The van der Waals surface area contributed by atoms with Gasteiger partial charge in [-0.15, -0.1) is 0 Å². The van der Waals surface area contributed by atoms with Gasteiger partial charge in [-0.05, 0) is 61.6 Å². The highest BCUT2D eigenvalue weighted by Crippen LogP contribution is 2.35. The van der Waals surface area contributed by atoms with Crippen molar-refractivity contribution in [3.63, 3.8) is 0 Å². The van der Waals surface area contributed by atoms with E-state index in [1.807, 2.05) is 42.6 Å². The van der Waals surface area contributed by atoms with E-state index in [4.69, 9.17) is 0 Å². The number of aliphatic hydroxyl groups is 1. The molecule has 2 atom stereocenters. The Hall–Kier alpha value is -3.60. The number of likely N-dealkylation sites (tertiary alicyclic amines) is 1. The lowest BCUT2D eigenvalue weighted by molar-refractivity contribution is 0.0740. The molecular weight excluding hydrogens is 462 g/mol. The Bertz CT molecular complexity index is 1530. The molecule has 2 aliphatic rings. The molecule has 1 saturated heterocycles. The second-order valence-corrected chi connectivity index (χ2v) is 10.5. The predicted molar refractivity (Wildman–Crippen MR) is 143 cm³/mol. The maximum atomic E-state index is 13.7. The summed E-state index contributed by atoms with van der Waals surface area (Å²) in [5.74, 6) is 0. The molecule has 0 unspecified atom stereocenters. The normalized spacial score (nSPS) is 22.2. The molecule has 188 valence electrons. The first-order valence-corrected chi connectivity index (χ1v) is 13.2. The van der Waals surface area contributed by atoms with Gasteiger partial charge in [-0.25, -0.2) is 0 Å². The fourth-order valence-corrected chi connectivity index (χ4v) is 6.26. The summed E-state index contributed by atoms with van der Waals surface area (Å²) in [6.07, 6.45) is 9.89. The summed E-state index contributed by atoms with van der Waals surface area (Å²) in [5.41, 5.74) is 2.13. The first-order chi connectivity index (χ1) is 18.1. The van der Waals surface area contributed by atoms with E-state index in [0.29, 0.717) is 11.9 Å². The van der Waals surface area contributed by atoms with Gasteiger partial charge in [0.15, 0.2) is 0 Å². The van der Waals surface area contributed by atoms with Crippen molar-refractivity contribution in [1.29, 1.82) is 5.26 Å². The van der Waals surface area contributed by atoms with E-state index in [1.54, 1.807) is 17.0 Å². The molecule has 4 aromatic rings. The van der Waals surface area contributed by atoms with Crippen LogP contribution in [0.4, 0.5) is 0 Å². The van der Waals surface area contributed by atoms with Gasteiger partial charge in [0.25, 0.3) is 5.56 Å². The van der Waals surface area contributed by atoms with Crippen LogP contribution in [0.2, 0.25) is 0 Å². The van der Waals surface area contributed by atoms with Crippen LogP contribution in [-0.4, -0.2) is 43.7 Å². The monoisotopic (exact) mass is 493 g/mol. The quantitative estimate of drug-likeness (QED) is 0.421. The molecule has 1 aromatic carbocycles. The molecule has 1 aliphatic carbocycles. The molecule has 7 heteroatoms. The van der Waals surface area contributed by atoms with Crippen LogP contribution in [0.3, 0.4) is 0 Å². The Morgan fingerprint density at radius 2 is 1.81 bits per heavy atom. The van der Waals surface area contributed by atoms with Crippen molar-refractivity contribution >= 4 is 21.7 Å². The lowest BCUT2D eigenvalue weighted by Gasteiger charge is -2.37. The number of aromatic nitrogens is 3. The molecule has 0 spiro atoms. The van der Waals surface area contributed by atoms with Crippen molar-refractivity contribution < 1.29 is 5.11 Å². The smallest absolute Gasteiger partial charge is 0.258 e. The van der Waals surface area contributed by atoms with Gasteiger partial charge in [0.2, 0.25) is 0 Å². The number of hydrogen-bond donors (Lipinski definition) is 1. The second-order valence-electron chi connectivity index (χ2n) is 10.5. The van der Waals surface area contributed by atoms with Crippen LogP contribution >= 0.6 is 0 Å². The van der Waals surface area contributed by atoms with E-state index < -0.39 is 11.5 Å². The van der Waals surface area contributed by atoms with Gasteiger partial charge in [-0.3, -0.25) is 19.7 Å². The van der Waals surface area contributed by atoms with E-state index in [1.165, 1.54) is 0 Å². The zero-order chi connectivity index (χ0) is 25.4. The first kappa shape index (κ1) is 23.8.